The average molecular weight is 172 g/mol. The summed E-state index contributed by atoms with van der Waals surface area (Å²) in [6, 6.07) is 0. The van der Waals surface area contributed by atoms with E-state index in [2.05, 4.69) is 9.97 Å². The Morgan fingerprint density at radius 2 is 2.18 bits per heavy atom. The number of anilines is 1. The molecule has 11 heavy (non-hydrogen) atoms. The van der Waals surface area contributed by atoms with Gasteiger partial charge in [0.15, 0.2) is 6.29 Å². The molecule has 0 saturated carbocycles. The van der Waals surface area contributed by atoms with Gasteiger partial charge in [-0.1, -0.05) is 11.6 Å². The Bertz CT molecular complexity index is 277. The van der Waals surface area contributed by atoms with E-state index in [1.165, 1.54) is 0 Å². The van der Waals surface area contributed by atoms with Crippen LogP contribution in [0.25, 0.3) is 0 Å². The van der Waals surface area contributed by atoms with Gasteiger partial charge in [-0.2, -0.15) is 0 Å². The van der Waals surface area contributed by atoms with Crippen LogP contribution in [0.3, 0.4) is 0 Å². The van der Waals surface area contributed by atoms with Crippen molar-refractivity contribution in [1.29, 1.82) is 0 Å². The van der Waals surface area contributed by atoms with Crippen LogP contribution in [0.4, 0.5) is 5.82 Å². The summed E-state index contributed by atoms with van der Waals surface area (Å²) < 4.78 is 0. The molecule has 1 aromatic rings. The molecule has 0 spiro atoms. The Balaban J connectivity index is 3.36. The molecule has 0 aromatic carbocycles. The van der Waals surface area contributed by atoms with Crippen molar-refractivity contribution in [2.75, 3.05) is 5.73 Å². The van der Waals surface area contributed by atoms with Crippen LogP contribution in [0, 0.1) is 6.92 Å². The van der Waals surface area contributed by atoms with Crippen LogP contribution in [-0.2, 0) is 0 Å². The lowest BCUT2D eigenvalue weighted by molar-refractivity contribution is 0.112. The van der Waals surface area contributed by atoms with Crippen LogP contribution in [0.15, 0.2) is 0 Å². The normalized spacial score (nSPS) is 9.64. The Morgan fingerprint density at radius 1 is 1.55 bits per heavy atom. The quantitative estimate of drug-likeness (QED) is 0.502. The topological polar surface area (TPSA) is 68.9 Å². The van der Waals surface area contributed by atoms with E-state index in [1.54, 1.807) is 6.92 Å². The van der Waals surface area contributed by atoms with E-state index >= 15 is 0 Å². The second-order valence-corrected chi connectivity index (χ2v) is 2.34. The van der Waals surface area contributed by atoms with Gasteiger partial charge in [-0.25, -0.2) is 9.97 Å². The number of carbonyl (C=O) groups excluding carboxylic acids is 1. The number of halogens is 1. The number of nitrogens with zero attached hydrogens (tertiary/aromatic N) is 2. The molecule has 1 heterocycles. The lowest BCUT2D eigenvalue weighted by Crippen LogP contribution is -2.01. The average Bonchev–Trinajstić information content (AvgIpc) is 1.85. The highest BCUT2D eigenvalue weighted by atomic mass is 35.5. The predicted octanol–water partition coefficient (Wildman–Crippen LogP) is 0.833. The Kier molecular flexibility index (Phi) is 2.05. The van der Waals surface area contributed by atoms with Crippen LogP contribution < -0.4 is 5.73 Å². The summed E-state index contributed by atoms with van der Waals surface area (Å²) in [5.74, 6) is 0.579. The molecule has 0 amide bonds. The van der Waals surface area contributed by atoms with Gasteiger partial charge in [0.1, 0.15) is 16.8 Å². The third-order valence-electron chi connectivity index (χ3n) is 1.16. The predicted molar refractivity (Wildman–Crippen MR) is 41.6 cm³/mol. The first-order chi connectivity index (χ1) is 5.15. The van der Waals surface area contributed by atoms with Crippen molar-refractivity contribution in [2.45, 2.75) is 6.92 Å². The molecule has 0 aliphatic heterocycles. The number of hydrogen-bond donors (Lipinski definition) is 1. The van der Waals surface area contributed by atoms with Gasteiger partial charge in [-0.05, 0) is 6.92 Å². The molecule has 0 radical (unpaired) electrons. The van der Waals surface area contributed by atoms with E-state index in [9.17, 15) is 4.79 Å². The van der Waals surface area contributed by atoms with E-state index in [1.807, 2.05) is 0 Å². The van der Waals surface area contributed by atoms with Crippen molar-refractivity contribution < 1.29 is 4.79 Å². The molecule has 0 fully saturated rings. The molecule has 5 heteroatoms. The van der Waals surface area contributed by atoms with Gasteiger partial charge in [0.2, 0.25) is 0 Å². The minimum absolute atomic E-state index is 0.102. The van der Waals surface area contributed by atoms with Gasteiger partial charge in [-0.3, -0.25) is 4.79 Å². The van der Waals surface area contributed by atoms with E-state index in [0.29, 0.717) is 12.1 Å². The van der Waals surface area contributed by atoms with Crippen LogP contribution in [0.5, 0.6) is 0 Å². The monoisotopic (exact) mass is 171 g/mol. The van der Waals surface area contributed by atoms with Crippen molar-refractivity contribution in [1.82, 2.24) is 9.97 Å². The number of hydrogen-bond acceptors (Lipinski definition) is 4. The minimum Gasteiger partial charge on any atom is -0.383 e. The minimum atomic E-state index is 0.102. The van der Waals surface area contributed by atoms with Crippen LogP contribution in [0.2, 0.25) is 5.15 Å². The summed E-state index contributed by atoms with van der Waals surface area (Å²) in [4.78, 5) is 17.8. The van der Waals surface area contributed by atoms with Gasteiger partial charge in [-0.15, -0.1) is 0 Å². The van der Waals surface area contributed by atoms with Crippen molar-refractivity contribution in [3.63, 3.8) is 0 Å². The fraction of sp³-hybridized carbons (Fsp3) is 0.167. The Morgan fingerprint density at radius 3 is 2.64 bits per heavy atom. The second kappa shape index (κ2) is 2.84. The summed E-state index contributed by atoms with van der Waals surface area (Å²) in [5.41, 5.74) is 5.52. The van der Waals surface area contributed by atoms with Crippen molar-refractivity contribution in [3.8, 4) is 0 Å². The number of aryl methyl sites for hydroxylation is 1. The number of rotatable bonds is 1. The molecule has 1 aromatic heterocycles. The molecule has 58 valence electrons. The molecule has 0 aliphatic rings. The SMILES string of the molecule is Cc1nc(N)c(C=O)c(Cl)n1. The second-order valence-electron chi connectivity index (χ2n) is 1.98. The van der Waals surface area contributed by atoms with Crippen molar-refractivity contribution in [3.05, 3.63) is 16.5 Å². The number of carbonyl (C=O) groups is 1. The third-order valence-corrected chi connectivity index (χ3v) is 1.45. The molecule has 0 atom stereocenters. The summed E-state index contributed by atoms with van der Waals surface area (Å²) in [6.07, 6.45) is 0.539. The first-order valence-corrected chi connectivity index (χ1v) is 3.27. The third kappa shape index (κ3) is 1.46. The van der Waals surface area contributed by atoms with Gasteiger partial charge in [0.05, 0.1) is 5.56 Å². The molecule has 1 rings (SSSR count). The Hall–Kier alpha value is -1.16. The molecule has 0 bridgehead atoms. The van der Waals surface area contributed by atoms with Crippen LogP contribution in [0.1, 0.15) is 16.2 Å². The van der Waals surface area contributed by atoms with E-state index < -0.39 is 0 Å². The molecule has 0 unspecified atom stereocenters. The first-order valence-electron chi connectivity index (χ1n) is 2.90. The highest BCUT2D eigenvalue weighted by Crippen LogP contribution is 2.15. The molecule has 0 saturated heterocycles. The Labute approximate surface area is 68.4 Å². The smallest absolute Gasteiger partial charge is 0.156 e. The molecular weight excluding hydrogens is 166 g/mol. The highest BCUT2D eigenvalue weighted by Gasteiger charge is 2.06. The number of aldehydes is 1. The van der Waals surface area contributed by atoms with Gasteiger partial charge < -0.3 is 5.73 Å². The van der Waals surface area contributed by atoms with Crippen molar-refractivity contribution >= 4 is 23.7 Å². The number of aromatic nitrogens is 2. The maximum atomic E-state index is 10.3. The summed E-state index contributed by atoms with van der Waals surface area (Å²) in [5, 5.41) is 0.102. The first kappa shape index (κ1) is 7.94. The lowest BCUT2D eigenvalue weighted by atomic mass is 10.3. The standard InChI is InChI=1S/C6H6ClN3O/c1-3-9-5(7)4(2-11)6(8)10-3/h2H,1H3,(H2,8,9,10). The van der Waals surface area contributed by atoms with Gasteiger partial charge >= 0.3 is 0 Å². The maximum Gasteiger partial charge on any atom is 0.156 e. The fourth-order valence-corrected chi connectivity index (χ4v) is 0.940. The van der Waals surface area contributed by atoms with Crippen molar-refractivity contribution in [2.24, 2.45) is 0 Å². The number of nitrogen functional groups attached to an aromatic ring is 1. The zero-order chi connectivity index (χ0) is 8.43. The van der Waals surface area contributed by atoms with E-state index in [0.717, 1.165) is 0 Å². The van der Waals surface area contributed by atoms with E-state index in [-0.39, 0.29) is 16.5 Å². The zero-order valence-electron chi connectivity index (χ0n) is 5.84. The van der Waals surface area contributed by atoms with Crippen LogP contribution >= 0.6 is 11.6 Å². The summed E-state index contributed by atoms with van der Waals surface area (Å²) in [6.45, 7) is 1.65. The maximum absolute atomic E-state index is 10.3. The summed E-state index contributed by atoms with van der Waals surface area (Å²) in [7, 11) is 0. The molecule has 4 nitrogen and oxygen atoms in total. The number of nitrogens with two attached hydrogens (primary N) is 1. The molecular formula is C6H6ClN3O. The van der Waals surface area contributed by atoms with Crippen LogP contribution in [-0.4, -0.2) is 16.3 Å². The van der Waals surface area contributed by atoms with Gasteiger partial charge in [0, 0.05) is 0 Å². The molecule has 2 N–H and O–H groups in total. The largest absolute Gasteiger partial charge is 0.383 e. The summed E-state index contributed by atoms with van der Waals surface area (Å²) >= 11 is 5.57. The zero-order valence-corrected chi connectivity index (χ0v) is 6.59. The highest BCUT2D eigenvalue weighted by molar-refractivity contribution is 6.32. The fourth-order valence-electron chi connectivity index (χ4n) is 0.677. The molecule has 0 aliphatic carbocycles. The van der Waals surface area contributed by atoms with E-state index in [4.69, 9.17) is 17.3 Å². The lowest BCUT2D eigenvalue weighted by Gasteiger charge is -1.99. The van der Waals surface area contributed by atoms with Gasteiger partial charge in [0.25, 0.3) is 0 Å².